The molecule has 1 amide bonds. The molecule has 5 atom stereocenters. The normalized spacial score (nSPS) is 32.2. The Labute approximate surface area is 191 Å². The van der Waals surface area contributed by atoms with Gasteiger partial charge in [-0.15, -0.1) is 11.3 Å². The maximum absolute atomic E-state index is 13.4. The average molecular weight is 461 g/mol. The lowest BCUT2D eigenvalue weighted by atomic mass is 10.00. The molecule has 4 unspecified atom stereocenters. The largest absolute Gasteiger partial charge is 0.396 e. The molecule has 3 aliphatic heterocycles. The molecule has 3 fully saturated rings. The molecule has 0 radical (unpaired) electrons. The Morgan fingerprint density at radius 1 is 1.34 bits per heavy atom. The van der Waals surface area contributed by atoms with Crippen molar-refractivity contribution in [3.8, 4) is 0 Å². The number of hydrogen-bond donors (Lipinski definition) is 5. The molecule has 5 rings (SSSR count). The van der Waals surface area contributed by atoms with Gasteiger partial charge in [0, 0.05) is 32.3 Å². The van der Waals surface area contributed by atoms with Crippen molar-refractivity contribution >= 4 is 27.5 Å². The number of fused-ring (bicyclic) bond motifs is 1. The summed E-state index contributed by atoms with van der Waals surface area (Å²) in [7, 11) is 0. The second-order valence-corrected chi connectivity index (χ2v) is 9.83. The summed E-state index contributed by atoms with van der Waals surface area (Å²) in [6.07, 6.45) is 2.27. The summed E-state index contributed by atoms with van der Waals surface area (Å²) >= 11 is 1.59. The molecule has 0 aliphatic carbocycles. The summed E-state index contributed by atoms with van der Waals surface area (Å²) in [5, 5.41) is 24.1. The van der Waals surface area contributed by atoms with Gasteiger partial charge in [0.05, 0.1) is 29.1 Å². The number of nitrogens with one attached hydrogen (secondary N) is 4. The Balaban J connectivity index is 1.38. The van der Waals surface area contributed by atoms with Gasteiger partial charge in [0.25, 0.3) is 0 Å². The molecule has 1 aromatic carbocycles. The number of piperidine rings is 1. The number of aliphatic hydroxyl groups excluding tert-OH is 1. The first-order valence-electron chi connectivity index (χ1n) is 11.6. The number of carbonyl (C=O) groups excluding carboxylic acids is 1. The molecule has 1 aromatic heterocycles. The fourth-order valence-electron chi connectivity index (χ4n) is 4.85. The van der Waals surface area contributed by atoms with Crippen molar-refractivity contribution in [3.05, 3.63) is 29.3 Å². The first kappa shape index (κ1) is 22.1. The third-order valence-electron chi connectivity index (χ3n) is 6.51. The number of amides is 1. The highest BCUT2D eigenvalue weighted by atomic mass is 32.1. The molecule has 9 nitrogen and oxygen atoms in total. The molecule has 0 saturated carbocycles. The maximum atomic E-state index is 13.4. The van der Waals surface area contributed by atoms with E-state index in [1.807, 2.05) is 18.2 Å². The molecule has 0 bridgehead atoms. The van der Waals surface area contributed by atoms with Crippen LogP contribution in [0.15, 0.2) is 24.3 Å². The van der Waals surface area contributed by atoms with Gasteiger partial charge < -0.3 is 20.5 Å². The van der Waals surface area contributed by atoms with Gasteiger partial charge in [0.15, 0.2) is 0 Å². The molecule has 174 valence electrons. The average Bonchev–Trinajstić information content (AvgIpc) is 3.23. The lowest BCUT2D eigenvalue weighted by molar-refractivity contribution is -0.133. The lowest BCUT2D eigenvalue weighted by Crippen LogP contribution is -2.72. The summed E-state index contributed by atoms with van der Waals surface area (Å²) in [5.41, 5.74) is 0.931. The Morgan fingerprint density at radius 2 is 2.25 bits per heavy atom. The Bertz CT molecular complexity index is 885. The van der Waals surface area contributed by atoms with E-state index in [1.165, 1.54) is 0 Å². The summed E-state index contributed by atoms with van der Waals surface area (Å²) in [6, 6.07) is 8.33. The van der Waals surface area contributed by atoms with E-state index in [2.05, 4.69) is 32.2 Å². The second kappa shape index (κ2) is 10.1. The lowest BCUT2D eigenvalue weighted by Gasteiger charge is -2.45. The molecule has 10 heteroatoms. The van der Waals surface area contributed by atoms with Gasteiger partial charge in [-0.05, 0) is 37.9 Å². The fourth-order valence-corrected chi connectivity index (χ4v) is 5.95. The van der Waals surface area contributed by atoms with Crippen molar-refractivity contribution < 1.29 is 14.6 Å². The first-order chi connectivity index (χ1) is 15.7. The minimum absolute atomic E-state index is 0.0146. The van der Waals surface area contributed by atoms with Crippen LogP contribution in [0.4, 0.5) is 0 Å². The fraction of sp³-hybridized carbons (Fsp3) is 0.636. The highest BCUT2D eigenvalue weighted by Crippen LogP contribution is 2.31. The number of aliphatic hydroxyl groups is 1. The van der Waals surface area contributed by atoms with E-state index >= 15 is 0 Å². The number of morpholine rings is 1. The van der Waals surface area contributed by atoms with Crippen LogP contribution in [0.2, 0.25) is 0 Å². The zero-order chi connectivity index (χ0) is 21.9. The highest BCUT2D eigenvalue weighted by Gasteiger charge is 2.42. The van der Waals surface area contributed by atoms with Crippen LogP contribution < -0.4 is 21.3 Å². The number of thiazole rings is 1. The van der Waals surface area contributed by atoms with E-state index in [-0.39, 0.29) is 31.1 Å². The van der Waals surface area contributed by atoms with Crippen LogP contribution >= 0.6 is 11.3 Å². The van der Waals surface area contributed by atoms with Gasteiger partial charge in [-0.2, -0.15) is 0 Å². The van der Waals surface area contributed by atoms with Crippen LogP contribution in [0.1, 0.15) is 30.2 Å². The zero-order valence-corrected chi connectivity index (χ0v) is 18.9. The SMILES string of the molecule is O=C1NC(N2CCOC(CCO)C2)NC(N[C@@H]2CCCNC2)C1c1nc2ccccc2s1. The third kappa shape index (κ3) is 4.81. The molecule has 3 saturated heterocycles. The van der Waals surface area contributed by atoms with Crippen molar-refractivity contribution in [1.82, 2.24) is 31.2 Å². The number of hydrogen-bond acceptors (Lipinski definition) is 9. The summed E-state index contributed by atoms with van der Waals surface area (Å²) in [5.74, 6) is -0.417. The minimum Gasteiger partial charge on any atom is -0.396 e. The highest BCUT2D eigenvalue weighted by molar-refractivity contribution is 7.18. The number of aromatic nitrogens is 1. The number of para-hydroxylation sites is 1. The Hall–Kier alpha value is -1.66. The molecule has 4 heterocycles. The Kier molecular flexibility index (Phi) is 6.98. The maximum Gasteiger partial charge on any atom is 0.235 e. The van der Waals surface area contributed by atoms with E-state index in [1.54, 1.807) is 11.3 Å². The molecular weight excluding hydrogens is 428 g/mol. The number of benzene rings is 1. The smallest absolute Gasteiger partial charge is 0.235 e. The van der Waals surface area contributed by atoms with Crippen LogP contribution in [0.3, 0.4) is 0 Å². The van der Waals surface area contributed by atoms with E-state index in [9.17, 15) is 9.90 Å². The predicted octanol–water partition coefficient (Wildman–Crippen LogP) is 0.134. The van der Waals surface area contributed by atoms with Crippen LogP contribution in [0.25, 0.3) is 10.2 Å². The topological polar surface area (TPSA) is 111 Å². The van der Waals surface area contributed by atoms with Crippen molar-refractivity contribution in [1.29, 1.82) is 0 Å². The van der Waals surface area contributed by atoms with E-state index in [0.717, 1.165) is 47.7 Å². The van der Waals surface area contributed by atoms with Crippen molar-refractivity contribution in [2.24, 2.45) is 0 Å². The second-order valence-electron chi connectivity index (χ2n) is 8.76. The van der Waals surface area contributed by atoms with Gasteiger partial charge in [0.1, 0.15) is 17.2 Å². The van der Waals surface area contributed by atoms with Gasteiger partial charge >= 0.3 is 0 Å². The van der Waals surface area contributed by atoms with Gasteiger partial charge in [-0.25, -0.2) is 4.98 Å². The van der Waals surface area contributed by atoms with E-state index in [0.29, 0.717) is 25.6 Å². The van der Waals surface area contributed by atoms with Crippen LogP contribution in [0, 0.1) is 0 Å². The molecule has 32 heavy (non-hydrogen) atoms. The van der Waals surface area contributed by atoms with Gasteiger partial charge in [-0.1, -0.05) is 12.1 Å². The minimum atomic E-state index is -0.403. The number of ether oxygens (including phenoxy) is 1. The summed E-state index contributed by atoms with van der Waals surface area (Å²) in [6.45, 7) is 4.02. The number of rotatable bonds is 6. The molecule has 3 aliphatic rings. The van der Waals surface area contributed by atoms with E-state index in [4.69, 9.17) is 9.72 Å². The molecular formula is C22H32N6O3S. The zero-order valence-electron chi connectivity index (χ0n) is 18.1. The summed E-state index contributed by atoms with van der Waals surface area (Å²) in [4.78, 5) is 20.4. The molecule has 2 aromatic rings. The molecule has 0 spiro atoms. The van der Waals surface area contributed by atoms with Gasteiger partial charge in [0.2, 0.25) is 5.91 Å². The van der Waals surface area contributed by atoms with Gasteiger partial charge in [-0.3, -0.25) is 20.3 Å². The number of nitrogens with zero attached hydrogens (tertiary/aromatic N) is 2. The standard InChI is InChI=1S/C22H32N6O3S/c29-10-7-15-13-28(9-11-31-15)22-26-19(24-14-4-3-8-23-12-14)18(20(30)27-22)21-25-16-5-1-2-6-17(16)32-21/h1-2,5-6,14-15,18-19,22-24,26,29H,3-4,7-13H2,(H,27,30)/t14-,15?,18?,19?,22?/m1/s1. The van der Waals surface area contributed by atoms with Crippen LogP contribution in [-0.4, -0.2) is 84.9 Å². The Morgan fingerprint density at radius 3 is 3.06 bits per heavy atom. The monoisotopic (exact) mass is 460 g/mol. The number of carbonyl (C=O) groups is 1. The first-order valence-corrected chi connectivity index (χ1v) is 12.4. The van der Waals surface area contributed by atoms with Crippen LogP contribution in [0.5, 0.6) is 0 Å². The third-order valence-corrected chi connectivity index (χ3v) is 7.63. The quantitative estimate of drug-likeness (QED) is 0.414. The van der Waals surface area contributed by atoms with Crippen molar-refractivity contribution in [2.45, 2.75) is 49.8 Å². The predicted molar refractivity (Wildman–Crippen MR) is 123 cm³/mol. The molecule has 5 N–H and O–H groups in total. The van der Waals surface area contributed by atoms with Crippen LogP contribution in [-0.2, 0) is 9.53 Å². The summed E-state index contributed by atoms with van der Waals surface area (Å²) < 4.78 is 6.86. The van der Waals surface area contributed by atoms with Crippen molar-refractivity contribution in [2.75, 3.05) is 39.4 Å². The van der Waals surface area contributed by atoms with E-state index < -0.39 is 5.92 Å². The van der Waals surface area contributed by atoms with Crippen molar-refractivity contribution in [3.63, 3.8) is 0 Å².